The molecule has 0 amide bonds. The minimum Gasteiger partial charge on any atom is -0.548 e. The summed E-state index contributed by atoms with van der Waals surface area (Å²) in [6.45, 7) is 0.519. The Kier molecular flexibility index (Phi) is 4.88. The number of nitrogens with two attached hydrogens (primary N) is 1. The van der Waals surface area contributed by atoms with Gasteiger partial charge in [0.05, 0.1) is 5.97 Å². The van der Waals surface area contributed by atoms with E-state index in [-0.39, 0.29) is 0 Å². The molecule has 0 aromatic carbocycles. The highest BCUT2D eigenvalue weighted by Gasteiger charge is 2.04. The molecule has 3 N–H and O–H groups in total. The van der Waals surface area contributed by atoms with Gasteiger partial charge in [0, 0.05) is 6.04 Å². The van der Waals surface area contributed by atoms with Crippen molar-refractivity contribution in [2.75, 3.05) is 13.6 Å². The molecule has 0 spiro atoms. The fourth-order valence-corrected chi connectivity index (χ4v) is 0.702. The van der Waals surface area contributed by atoms with Gasteiger partial charge in [-0.2, -0.15) is 0 Å². The zero-order chi connectivity index (χ0) is 7.98. The fraction of sp³-hybridized carbons (Fsp3) is 0.833. The lowest BCUT2D eigenvalue weighted by Crippen LogP contribution is -2.43. The molecule has 0 aromatic heterocycles. The van der Waals surface area contributed by atoms with Crippen LogP contribution in [0.2, 0.25) is 0 Å². The highest BCUT2D eigenvalue weighted by atomic mass is 16.4. The maximum absolute atomic E-state index is 10.2. The van der Waals surface area contributed by atoms with Crippen molar-refractivity contribution in [2.24, 2.45) is 5.73 Å². The van der Waals surface area contributed by atoms with Gasteiger partial charge in [-0.15, -0.1) is 0 Å². The van der Waals surface area contributed by atoms with Crippen LogP contribution in [0, 0.1) is 0 Å². The highest BCUT2D eigenvalue weighted by molar-refractivity contribution is 5.70. The van der Waals surface area contributed by atoms with Crippen LogP contribution >= 0.6 is 0 Å². The summed E-state index contributed by atoms with van der Waals surface area (Å²) < 4.78 is 0. The Bertz CT molecular complexity index is 106. The molecular formula is C6H13N2O2-. The molecule has 0 aliphatic rings. The molecule has 10 heavy (non-hydrogen) atoms. The molecule has 0 radical (unpaired) electrons. The van der Waals surface area contributed by atoms with Crippen molar-refractivity contribution in [3.05, 3.63) is 0 Å². The normalized spacial score (nSPS) is 13.0. The lowest BCUT2D eigenvalue weighted by molar-refractivity contribution is -0.308. The second kappa shape index (κ2) is 5.20. The fourth-order valence-electron chi connectivity index (χ4n) is 0.702. The largest absolute Gasteiger partial charge is 0.548 e. The van der Waals surface area contributed by atoms with Crippen molar-refractivity contribution in [3.63, 3.8) is 0 Å². The molecule has 4 nitrogen and oxygen atoms in total. The molecule has 60 valence electrons. The number of hydrogen-bond donors (Lipinski definition) is 2. The number of nitrogens with one attached hydrogen (secondary N) is 1. The lowest BCUT2D eigenvalue weighted by Gasteiger charge is -2.15. The van der Waals surface area contributed by atoms with Crippen molar-refractivity contribution in [2.45, 2.75) is 18.9 Å². The molecule has 1 unspecified atom stereocenters. The maximum atomic E-state index is 10.2. The van der Waals surface area contributed by atoms with Gasteiger partial charge in [0.2, 0.25) is 0 Å². The van der Waals surface area contributed by atoms with E-state index in [1.165, 1.54) is 0 Å². The highest BCUT2D eigenvalue weighted by Crippen LogP contribution is 1.92. The van der Waals surface area contributed by atoms with Crippen LogP contribution in [0.25, 0.3) is 0 Å². The summed E-state index contributed by atoms with van der Waals surface area (Å²) in [5.74, 6) is -1.06. The van der Waals surface area contributed by atoms with Gasteiger partial charge in [0.15, 0.2) is 0 Å². The summed E-state index contributed by atoms with van der Waals surface area (Å²) >= 11 is 0. The van der Waals surface area contributed by atoms with Gasteiger partial charge in [-0.25, -0.2) is 0 Å². The Hall–Kier alpha value is -0.610. The van der Waals surface area contributed by atoms with E-state index in [4.69, 9.17) is 5.73 Å². The van der Waals surface area contributed by atoms with Crippen LogP contribution in [-0.4, -0.2) is 25.6 Å². The van der Waals surface area contributed by atoms with Crippen molar-refractivity contribution in [1.29, 1.82) is 0 Å². The van der Waals surface area contributed by atoms with Crippen LogP contribution in [0.3, 0.4) is 0 Å². The molecule has 0 heterocycles. The van der Waals surface area contributed by atoms with Crippen molar-refractivity contribution < 1.29 is 9.90 Å². The number of likely N-dealkylation sites (N-methyl/N-ethyl adjacent to an activating group) is 1. The molecule has 0 saturated carbocycles. The van der Waals surface area contributed by atoms with Crippen LogP contribution in [0.1, 0.15) is 12.8 Å². The summed E-state index contributed by atoms with van der Waals surface area (Å²) in [4.78, 5) is 10.2. The third kappa shape index (κ3) is 3.42. The van der Waals surface area contributed by atoms with Gasteiger partial charge in [-0.05, 0) is 26.4 Å². The van der Waals surface area contributed by atoms with Gasteiger partial charge in [-0.1, -0.05) is 0 Å². The molecule has 4 heteroatoms. The van der Waals surface area contributed by atoms with E-state index in [2.05, 4.69) is 5.32 Å². The SMILES string of the molecule is CNC(CCCN)C(=O)[O-]. The minimum atomic E-state index is -1.06. The van der Waals surface area contributed by atoms with Gasteiger partial charge in [-0.3, -0.25) is 0 Å². The quantitative estimate of drug-likeness (QED) is 0.472. The van der Waals surface area contributed by atoms with Crippen molar-refractivity contribution in [3.8, 4) is 0 Å². The molecule has 0 aliphatic carbocycles. The van der Waals surface area contributed by atoms with E-state index in [9.17, 15) is 9.90 Å². The molecule has 0 aromatic rings. The topological polar surface area (TPSA) is 78.2 Å². The Balaban J connectivity index is 3.50. The van der Waals surface area contributed by atoms with E-state index in [1.807, 2.05) is 0 Å². The molecule has 1 atom stereocenters. The number of carbonyl (C=O) groups excluding carboxylic acids is 1. The molecule has 0 bridgehead atoms. The van der Waals surface area contributed by atoms with Crippen LogP contribution in [0.4, 0.5) is 0 Å². The third-order valence-corrected chi connectivity index (χ3v) is 1.33. The van der Waals surface area contributed by atoms with E-state index < -0.39 is 12.0 Å². The first-order chi connectivity index (χ1) is 4.72. The van der Waals surface area contributed by atoms with Crippen molar-refractivity contribution >= 4 is 5.97 Å². The Labute approximate surface area is 60.4 Å². The maximum Gasteiger partial charge on any atom is 0.0584 e. The standard InChI is InChI=1S/C6H14N2O2/c1-8-5(6(9)10)3-2-4-7/h5,8H,2-4,7H2,1H3,(H,9,10)/p-1. The van der Waals surface area contributed by atoms with Crippen molar-refractivity contribution in [1.82, 2.24) is 5.32 Å². The molecular weight excluding hydrogens is 132 g/mol. The van der Waals surface area contributed by atoms with Gasteiger partial charge in [0.25, 0.3) is 0 Å². The second-order valence-corrected chi connectivity index (χ2v) is 2.09. The van der Waals surface area contributed by atoms with E-state index in [0.29, 0.717) is 19.4 Å². The summed E-state index contributed by atoms with van der Waals surface area (Å²) in [6.07, 6.45) is 1.24. The summed E-state index contributed by atoms with van der Waals surface area (Å²) in [5.41, 5.74) is 5.19. The number of aliphatic carboxylic acids is 1. The predicted octanol–water partition coefficient (Wildman–Crippen LogP) is -1.94. The number of carboxylic acid groups (broad SMARTS) is 1. The zero-order valence-electron chi connectivity index (χ0n) is 6.09. The first-order valence-electron chi connectivity index (χ1n) is 3.30. The number of hydrogen-bond acceptors (Lipinski definition) is 4. The lowest BCUT2D eigenvalue weighted by atomic mass is 10.1. The van der Waals surface area contributed by atoms with Crippen LogP contribution in [-0.2, 0) is 4.79 Å². The summed E-state index contributed by atoms with van der Waals surface area (Å²) in [6, 6.07) is -0.552. The van der Waals surface area contributed by atoms with Gasteiger partial charge in [0.1, 0.15) is 0 Å². The third-order valence-electron chi connectivity index (χ3n) is 1.33. The van der Waals surface area contributed by atoms with E-state index in [0.717, 1.165) is 0 Å². The van der Waals surface area contributed by atoms with Crippen LogP contribution < -0.4 is 16.2 Å². The zero-order valence-corrected chi connectivity index (χ0v) is 6.09. The molecule has 0 rings (SSSR count). The summed E-state index contributed by atoms with van der Waals surface area (Å²) in [5, 5.41) is 12.8. The van der Waals surface area contributed by atoms with E-state index >= 15 is 0 Å². The minimum absolute atomic E-state index is 0.519. The van der Waals surface area contributed by atoms with Crippen LogP contribution in [0.15, 0.2) is 0 Å². The number of carbonyl (C=O) groups is 1. The van der Waals surface area contributed by atoms with Gasteiger partial charge >= 0.3 is 0 Å². The Morgan fingerprint density at radius 3 is 2.70 bits per heavy atom. The average Bonchev–Trinajstić information content (AvgIpc) is 1.89. The summed E-state index contributed by atoms with van der Waals surface area (Å²) in [7, 11) is 1.59. The number of carboxylic acids is 1. The second-order valence-electron chi connectivity index (χ2n) is 2.09. The first kappa shape index (κ1) is 9.39. The predicted molar refractivity (Wildman–Crippen MR) is 36.1 cm³/mol. The van der Waals surface area contributed by atoms with E-state index in [1.54, 1.807) is 7.05 Å². The van der Waals surface area contributed by atoms with Gasteiger partial charge < -0.3 is 21.0 Å². The monoisotopic (exact) mass is 145 g/mol. The number of rotatable bonds is 5. The average molecular weight is 145 g/mol. The molecule has 0 fully saturated rings. The molecule has 0 saturated heterocycles. The van der Waals surface area contributed by atoms with Crippen LogP contribution in [0.5, 0.6) is 0 Å². The Morgan fingerprint density at radius 1 is 1.80 bits per heavy atom. The molecule has 0 aliphatic heterocycles. The smallest absolute Gasteiger partial charge is 0.0584 e. The Morgan fingerprint density at radius 2 is 2.40 bits per heavy atom. The first-order valence-corrected chi connectivity index (χ1v) is 3.30.